The molecule has 0 aliphatic carbocycles. The summed E-state index contributed by atoms with van der Waals surface area (Å²) in [6.07, 6.45) is -5.65. The topological polar surface area (TPSA) is 9.23 Å². The third-order valence-electron chi connectivity index (χ3n) is 1.87. The first-order valence-corrected chi connectivity index (χ1v) is 4.36. The molecule has 0 aromatic heterocycles. The van der Waals surface area contributed by atoms with Gasteiger partial charge >= 0.3 is 12.1 Å². The minimum Gasteiger partial charge on any atom is -0.495 e. The van der Waals surface area contributed by atoms with Crippen LogP contribution < -0.4 is 4.74 Å². The first kappa shape index (κ1) is 13.0. The van der Waals surface area contributed by atoms with Gasteiger partial charge in [-0.2, -0.15) is 22.0 Å². The van der Waals surface area contributed by atoms with Gasteiger partial charge in [-0.05, 0) is 18.2 Å². The summed E-state index contributed by atoms with van der Waals surface area (Å²) >= 11 is 5.46. The van der Waals surface area contributed by atoms with Crippen LogP contribution in [0.4, 0.5) is 22.0 Å². The first-order chi connectivity index (χ1) is 7.20. The Kier molecular flexibility index (Phi) is 3.33. The van der Waals surface area contributed by atoms with Crippen LogP contribution >= 0.6 is 11.6 Å². The second kappa shape index (κ2) is 4.08. The maximum atomic E-state index is 12.9. The fourth-order valence-electron chi connectivity index (χ4n) is 1.03. The van der Waals surface area contributed by atoms with Crippen LogP contribution in [0.25, 0.3) is 0 Å². The zero-order valence-electron chi connectivity index (χ0n) is 7.91. The zero-order valence-corrected chi connectivity index (χ0v) is 8.66. The zero-order chi connectivity index (χ0) is 12.6. The molecule has 0 aliphatic heterocycles. The molecule has 7 heteroatoms. The van der Waals surface area contributed by atoms with Gasteiger partial charge in [0.2, 0.25) is 0 Å². The van der Waals surface area contributed by atoms with E-state index in [4.69, 9.17) is 11.6 Å². The lowest BCUT2D eigenvalue weighted by Gasteiger charge is -2.20. The average molecular weight is 261 g/mol. The lowest BCUT2D eigenvalue weighted by Crippen LogP contribution is -2.33. The Morgan fingerprint density at radius 2 is 1.69 bits per heavy atom. The smallest absolute Gasteiger partial charge is 0.458 e. The van der Waals surface area contributed by atoms with Crippen molar-refractivity contribution in [3.63, 3.8) is 0 Å². The number of halogens is 6. The van der Waals surface area contributed by atoms with E-state index >= 15 is 0 Å². The maximum Gasteiger partial charge on any atom is 0.458 e. The molecule has 0 N–H and O–H groups in total. The summed E-state index contributed by atoms with van der Waals surface area (Å²) < 4.78 is 66.4. The van der Waals surface area contributed by atoms with Gasteiger partial charge in [0, 0.05) is 5.56 Å². The van der Waals surface area contributed by atoms with Crippen molar-refractivity contribution >= 4 is 11.6 Å². The van der Waals surface area contributed by atoms with Crippen LogP contribution in [0.1, 0.15) is 5.56 Å². The molecular weight excluding hydrogens is 255 g/mol. The fraction of sp³-hybridized carbons (Fsp3) is 0.333. The number of hydrogen-bond acceptors (Lipinski definition) is 1. The van der Waals surface area contributed by atoms with Crippen LogP contribution in [-0.4, -0.2) is 13.3 Å². The third-order valence-corrected chi connectivity index (χ3v) is 2.17. The van der Waals surface area contributed by atoms with Crippen molar-refractivity contribution in [2.24, 2.45) is 0 Å². The molecule has 1 aromatic rings. The predicted octanol–water partition coefficient (Wildman–Crippen LogP) is 4.00. The Bertz CT molecular complexity index is 388. The standard InChI is InChI=1S/C9H6ClF5O/c1-16-7-3-2-5(4-6(7)10)8(11,12)9(13,14)15/h2-4H,1H3. The molecule has 0 saturated heterocycles. The number of hydrogen-bond donors (Lipinski definition) is 0. The molecule has 0 spiro atoms. The lowest BCUT2D eigenvalue weighted by atomic mass is 10.1. The summed E-state index contributed by atoms with van der Waals surface area (Å²) in [5, 5.41) is -0.302. The molecule has 0 aliphatic rings. The summed E-state index contributed by atoms with van der Waals surface area (Å²) in [7, 11) is 1.22. The Labute approximate surface area is 92.8 Å². The van der Waals surface area contributed by atoms with Crippen molar-refractivity contribution in [3.8, 4) is 5.75 Å². The molecular formula is C9H6ClF5O. The number of alkyl halides is 5. The second-order valence-corrected chi connectivity index (χ2v) is 3.33. The van der Waals surface area contributed by atoms with E-state index in [0.717, 1.165) is 6.07 Å². The van der Waals surface area contributed by atoms with Gasteiger partial charge in [0.15, 0.2) is 0 Å². The highest BCUT2D eigenvalue weighted by atomic mass is 35.5. The number of methoxy groups -OCH3 is 1. The molecule has 0 atom stereocenters. The summed E-state index contributed by atoms with van der Waals surface area (Å²) in [4.78, 5) is 0. The molecule has 16 heavy (non-hydrogen) atoms. The average Bonchev–Trinajstić information content (AvgIpc) is 2.15. The van der Waals surface area contributed by atoms with Crippen molar-refractivity contribution in [3.05, 3.63) is 28.8 Å². The van der Waals surface area contributed by atoms with E-state index in [1.807, 2.05) is 0 Å². The van der Waals surface area contributed by atoms with Gasteiger partial charge in [-0.1, -0.05) is 11.6 Å². The molecule has 1 nitrogen and oxygen atoms in total. The van der Waals surface area contributed by atoms with E-state index in [2.05, 4.69) is 4.74 Å². The molecule has 90 valence electrons. The van der Waals surface area contributed by atoms with Gasteiger partial charge in [0.25, 0.3) is 0 Å². The normalized spacial score (nSPS) is 12.7. The Morgan fingerprint density at radius 1 is 1.12 bits per heavy atom. The van der Waals surface area contributed by atoms with Crippen molar-refractivity contribution < 1.29 is 26.7 Å². The van der Waals surface area contributed by atoms with Crippen LogP contribution in [0.2, 0.25) is 5.02 Å². The summed E-state index contributed by atoms with van der Waals surface area (Å²) in [5.74, 6) is -4.90. The molecule has 0 heterocycles. The van der Waals surface area contributed by atoms with Crippen molar-refractivity contribution in [1.82, 2.24) is 0 Å². The highest BCUT2D eigenvalue weighted by molar-refractivity contribution is 6.32. The van der Waals surface area contributed by atoms with E-state index in [1.54, 1.807) is 0 Å². The maximum absolute atomic E-state index is 12.9. The molecule has 0 amide bonds. The van der Waals surface area contributed by atoms with Gasteiger partial charge in [-0.25, -0.2) is 0 Å². The molecule has 0 unspecified atom stereocenters. The summed E-state index contributed by atoms with van der Waals surface area (Å²) in [5.41, 5.74) is -1.22. The van der Waals surface area contributed by atoms with E-state index in [0.29, 0.717) is 12.1 Å². The molecule has 0 fully saturated rings. The van der Waals surface area contributed by atoms with Crippen LogP contribution in [0, 0.1) is 0 Å². The summed E-state index contributed by atoms with van der Waals surface area (Å²) in [6, 6.07) is 2.11. The molecule has 1 aromatic carbocycles. The van der Waals surface area contributed by atoms with Gasteiger partial charge in [-0.15, -0.1) is 0 Å². The van der Waals surface area contributed by atoms with E-state index in [-0.39, 0.29) is 10.8 Å². The molecule has 1 rings (SSSR count). The highest BCUT2D eigenvalue weighted by Crippen LogP contribution is 2.45. The number of ether oxygens (including phenoxy) is 1. The first-order valence-electron chi connectivity index (χ1n) is 3.98. The Balaban J connectivity index is 3.20. The summed E-state index contributed by atoms with van der Waals surface area (Å²) in [6.45, 7) is 0. The quantitative estimate of drug-likeness (QED) is 0.730. The third kappa shape index (κ3) is 2.21. The predicted molar refractivity (Wildman–Crippen MR) is 48.0 cm³/mol. The molecule has 0 radical (unpaired) electrons. The van der Waals surface area contributed by atoms with Gasteiger partial charge in [0.05, 0.1) is 12.1 Å². The molecule has 0 bridgehead atoms. The van der Waals surface area contributed by atoms with E-state index < -0.39 is 17.7 Å². The van der Waals surface area contributed by atoms with Crippen LogP contribution in [0.3, 0.4) is 0 Å². The van der Waals surface area contributed by atoms with Crippen LogP contribution in [0.15, 0.2) is 18.2 Å². The lowest BCUT2D eigenvalue weighted by molar-refractivity contribution is -0.289. The number of benzene rings is 1. The van der Waals surface area contributed by atoms with Gasteiger partial charge < -0.3 is 4.74 Å². The largest absolute Gasteiger partial charge is 0.495 e. The van der Waals surface area contributed by atoms with E-state index in [1.165, 1.54) is 7.11 Å². The van der Waals surface area contributed by atoms with Crippen LogP contribution in [0.5, 0.6) is 5.75 Å². The van der Waals surface area contributed by atoms with Gasteiger partial charge in [0.1, 0.15) is 5.75 Å². The Hall–Kier alpha value is -1.04. The highest BCUT2D eigenvalue weighted by Gasteiger charge is 2.58. The van der Waals surface area contributed by atoms with Crippen molar-refractivity contribution in [2.45, 2.75) is 12.1 Å². The number of rotatable bonds is 2. The SMILES string of the molecule is COc1ccc(C(F)(F)C(F)(F)F)cc1Cl. The minimum absolute atomic E-state index is 0.0309. The van der Waals surface area contributed by atoms with E-state index in [9.17, 15) is 22.0 Å². The minimum atomic E-state index is -5.65. The second-order valence-electron chi connectivity index (χ2n) is 2.92. The Morgan fingerprint density at radius 3 is 2.06 bits per heavy atom. The van der Waals surface area contributed by atoms with Gasteiger partial charge in [-0.3, -0.25) is 0 Å². The van der Waals surface area contributed by atoms with Crippen molar-refractivity contribution in [1.29, 1.82) is 0 Å². The monoisotopic (exact) mass is 260 g/mol. The van der Waals surface area contributed by atoms with Crippen molar-refractivity contribution in [2.75, 3.05) is 7.11 Å². The molecule has 0 saturated carbocycles. The van der Waals surface area contributed by atoms with Crippen LogP contribution in [-0.2, 0) is 5.92 Å². The fourth-order valence-corrected chi connectivity index (χ4v) is 1.28.